The Balaban J connectivity index is 1.22. The molecule has 0 aliphatic carbocycles. The Morgan fingerprint density at radius 3 is 2.20 bits per heavy atom. The molecular weight excluding hydrogens is 757 g/mol. The fraction of sp³-hybridized carbons (Fsp3) is 0.529. The van der Waals surface area contributed by atoms with E-state index in [1.807, 2.05) is 36.4 Å². The number of benzene rings is 3. The van der Waals surface area contributed by atoms with Gasteiger partial charge in [-0.2, -0.15) is 10.4 Å². The zero-order chi connectivity index (χ0) is 44.2. The van der Waals surface area contributed by atoms with Crippen molar-refractivity contribution in [3.05, 3.63) is 83.7 Å². The first-order valence-electron chi connectivity index (χ1n) is 22.8. The molecule has 0 bridgehead atoms. The predicted molar refractivity (Wildman–Crippen MR) is 251 cm³/mol. The van der Waals surface area contributed by atoms with Gasteiger partial charge in [-0.3, -0.25) is 9.28 Å². The van der Waals surface area contributed by atoms with Crippen LogP contribution in [0.5, 0.6) is 5.75 Å². The van der Waals surface area contributed by atoms with E-state index in [1.165, 1.54) is 5.56 Å². The van der Waals surface area contributed by atoms with Crippen LogP contribution in [-0.4, -0.2) is 57.4 Å². The molecule has 1 amide bonds. The molecule has 3 heterocycles. The van der Waals surface area contributed by atoms with Gasteiger partial charge in [-0.05, 0) is 91.0 Å². The second kappa shape index (κ2) is 18.5. The number of nitrogens with zero attached hydrogens (tertiary/aromatic N) is 7. The highest BCUT2D eigenvalue weighted by atomic mass is 16.5. The van der Waals surface area contributed by atoms with E-state index in [0.29, 0.717) is 29.5 Å². The van der Waals surface area contributed by atoms with Crippen molar-refractivity contribution in [2.75, 3.05) is 18.4 Å². The molecule has 3 unspecified atom stereocenters. The maximum atomic E-state index is 14.1. The summed E-state index contributed by atoms with van der Waals surface area (Å²) in [6, 6.07) is 25.0. The molecule has 0 radical (unpaired) electrons. The molecule has 1 saturated heterocycles. The smallest absolute Gasteiger partial charge is 0.265 e. The highest BCUT2D eigenvalue weighted by Gasteiger charge is 2.56. The van der Waals surface area contributed by atoms with Crippen LogP contribution in [0.2, 0.25) is 0 Å². The molecule has 324 valence electrons. The lowest BCUT2D eigenvalue weighted by molar-refractivity contribution is -0.123. The lowest BCUT2D eigenvalue weighted by Crippen LogP contribution is -2.34. The van der Waals surface area contributed by atoms with Crippen LogP contribution in [-0.2, 0) is 15.6 Å². The van der Waals surface area contributed by atoms with Gasteiger partial charge in [0.25, 0.3) is 5.91 Å². The number of amides is 1. The van der Waals surface area contributed by atoms with Gasteiger partial charge < -0.3 is 10.1 Å². The largest absolute Gasteiger partial charge is 0.480 e. The Labute approximate surface area is 365 Å². The maximum Gasteiger partial charge on any atom is 0.265 e. The lowest BCUT2D eigenvalue weighted by atomic mass is 9.76. The van der Waals surface area contributed by atoms with Crippen molar-refractivity contribution >= 4 is 34.4 Å². The number of ether oxygens (including phenoxy) is 1. The van der Waals surface area contributed by atoms with Crippen molar-refractivity contribution in [1.82, 2.24) is 19.4 Å². The van der Waals surface area contributed by atoms with E-state index in [-0.39, 0.29) is 28.2 Å². The summed E-state index contributed by atoms with van der Waals surface area (Å²) in [4.78, 5) is 25.7. The molecule has 1 aromatic heterocycles. The number of quaternary nitrogens is 1. The number of unbranched alkanes of at least 4 members (excludes halogenated alkanes) is 4. The van der Waals surface area contributed by atoms with Crippen molar-refractivity contribution in [2.45, 2.75) is 157 Å². The number of rotatable bonds is 19. The highest BCUT2D eigenvalue weighted by molar-refractivity contribution is 6.50. The first-order chi connectivity index (χ1) is 29.0. The Bertz CT molecular complexity index is 2270. The molecule has 3 aromatic carbocycles. The molecule has 6 rings (SSSR count). The number of nitrogens with one attached hydrogen (secondary N) is 1. The number of anilines is 1. The van der Waals surface area contributed by atoms with Crippen LogP contribution in [0.1, 0.15) is 151 Å². The van der Waals surface area contributed by atoms with Gasteiger partial charge in [0, 0.05) is 34.4 Å². The van der Waals surface area contributed by atoms with Crippen molar-refractivity contribution in [3.63, 3.8) is 0 Å². The Morgan fingerprint density at radius 1 is 0.902 bits per heavy atom. The molecular formula is C51H69N8O2+. The Hall–Kier alpha value is -5.14. The van der Waals surface area contributed by atoms with Gasteiger partial charge in [-0.25, -0.2) is 9.98 Å². The van der Waals surface area contributed by atoms with Gasteiger partial charge in [-0.1, -0.05) is 114 Å². The lowest BCUT2D eigenvalue weighted by Gasteiger charge is -2.31. The number of nitriles is 1. The monoisotopic (exact) mass is 826 g/mol. The quantitative estimate of drug-likeness (QED) is 0.0574. The molecule has 2 aliphatic rings. The minimum atomic E-state index is -0.640. The van der Waals surface area contributed by atoms with E-state index < -0.39 is 6.10 Å². The zero-order valence-corrected chi connectivity index (χ0v) is 38.7. The van der Waals surface area contributed by atoms with Gasteiger partial charge in [-0.15, -0.1) is 9.89 Å². The summed E-state index contributed by atoms with van der Waals surface area (Å²) >= 11 is 0. The predicted octanol–water partition coefficient (Wildman–Crippen LogP) is 12.1. The maximum absolute atomic E-state index is 14.1. The summed E-state index contributed by atoms with van der Waals surface area (Å²) < 4.78 is 7.47. The van der Waals surface area contributed by atoms with Crippen LogP contribution < -0.4 is 14.5 Å². The van der Waals surface area contributed by atoms with Crippen molar-refractivity contribution in [3.8, 4) is 23.2 Å². The Morgan fingerprint density at radius 2 is 1.59 bits per heavy atom. The molecule has 2 aliphatic heterocycles. The van der Waals surface area contributed by atoms with E-state index in [2.05, 4.69) is 118 Å². The molecule has 10 heteroatoms. The number of hydrogen-bond donors (Lipinski definition) is 1. The topological polar surface area (TPSA) is 118 Å². The summed E-state index contributed by atoms with van der Waals surface area (Å²) in [5, 5.41) is 22.5. The fourth-order valence-electron chi connectivity index (χ4n) is 8.02. The van der Waals surface area contributed by atoms with Gasteiger partial charge >= 0.3 is 0 Å². The average molecular weight is 826 g/mol. The van der Waals surface area contributed by atoms with E-state index in [4.69, 9.17) is 24.9 Å². The van der Waals surface area contributed by atoms with E-state index in [0.717, 1.165) is 103 Å². The molecule has 0 saturated carbocycles. The second-order valence-corrected chi connectivity index (χ2v) is 19.5. The SMILES string of the molecule is CCCCCCC(Oc1ccc(C(C)(C)CC)cc1C(C)(C)CC)C(=O)Nc1ccc(-c2nc3n(n2)N=C(C(C)(C)C)C3=Nc2ccc([N+]3(CCCC)CC3C#N)cc2)cc1. The summed E-state index contributed by atoms with van der Waals surface area (Å²) in [7, 11) is 0. The van der Waals surface area contributed by atoms with Gasteiger partial charge in [0.15, 0.2) is 18.5 Å². The molecule has 61 heavy (non-hydrogen) atoms. The fourth-order valence-corrected chi connectivity index (χ4v) is 8.02. The average Bonchev–Trinajstić information content (AvgIpc) is 3.64. The van der Waals surface area contributed by atoms with Crippen molar-refractivity contribution in [1.29, 1.82) is 5.26 Å². The van der Waals surface area contributed by atoms with Crippen LogP contribution in [0.3, 0.4) is 0 Å². The van der Waals surface area contributed by atoms with Gasteiger partial charge in [0.05, 0.1) is 17.9 Å². The van der Waals surface area contributed by atoms with Crippen molar-refractivity contribution < 1.29 is 9.53 Å². The molecule has 3 atom stereocenters. The number of hydrogen-bond acceptors (Lipinski definition) is 7. The van der Waals surface area contributed by atoms with E-state index in [9.17, 15) is 10.1 Å². The number of carbonyl (C=O) groups is 1. The first-order valence-corrected chi connectivity index (χ1v) is 22.8. The molecule has 10 nitrogen and oxygen atoms in total. The number of aromatic nitrogens is 3. The summed E-state index contributed by atoms with van der Waals surface area (Å²) in [6.07, 6.45) is 8.38. The normalized spacial score (nSPS) is 18.7. The van der Waals surface area contributed by atoms with E-state index in [1.54, 1.807) is 4.79 Å². The minimum Gasteiger partial charge on any atom is -0.480 e. The highest BCUT2D eigenvalue weighted by Crippen LogP contribution is 2.41. The van der Waals surface area contributed by atoms with Crippen LogP contribution >= 0.6 is 0 Å². The second-order valence-electron chi connectivity index (χ2n) is 19.5. The zero-order valence-electron chi connectivity index (χ0n) is 38.7. The first kappa shape index (κ1) is 45.4. The summed E-state index contributed by atoms with van der Waals surface area (Å²) in [6.45, 7) is 26.1. The Kier molecular flexibility index (Phi) is 13.7. The molecule has 1 N–H and O–H groups in total. The third kappa shape index (κ3) is 9.99. The molecule has 4 aromatic rings. The van der Waals surface area contributed by atoms with Crippen LogP contribution in [0.15, 0.2) is 76.8 Å². The standard InChI is InChI=1S/C51H68N8O2/c1-12-16-18-19-20-43(61-42-30-23-36(50(8,9)14-3)32-41(42)51(10,11)15-4)48(60)54-38-24-21-35(22-25-38)46-55-47-44(45(49(5,6)7)56-58(47)57-46)53-37-26-28-39(29-27-37)59(31-17-13-2)34-40(59)33-52/h21-30,32,40,43H,12-20,31,34H2,1-11H3/p+1. The van der Waals surface area contributed by atoms with Crippen molar-refractivity contribution in [2.24, 2.45) is 15.5 Å². The van der Waals surface area contributed by atoms with E-state index >= 15 is 0 Å². The van der Waals surface area contributed by atoms with Gasteiger partial charge in [0.2, 0.25) is 11.9 Å². The number of carbonyl (C=O) groups excluding carboxylic acids is 1. The van der Waals surface area contributed by atoms with Crippen LogP contribution in [0.25, 0.3) is 11.4 Å². The number of aliphatic imine (C=N–C) groups is 1. The summed E-state index contributed by atoms with van der Waals surface area (Å²) in [5.41, 5.74) is 7.00. The third-order valence-corrected chi connectivity index (χ3v) is 13.1. The van der Waals surface area contributed by atoms with Gasteiger partial charge in [0.1, 0.15) is 23.2 Å². The molecule has 1 fully saturated rings. The van der Waals surface area contributed by atoms with Crippen LogP contribution in [0.4, 0.5) is 17.1 Å². The van der Waals surface area contributed by atoms with Crippen LogP contribution in [0, 0.1) is 16.7 Å². The third-order valence-electron chi connectivity index (χ3n) is 13.1. The molecule has 0 spiro atoms. The number of fused-ring (bicyclic) bond motifs is 1. The summed E-state index contributed by atoms with van der Waals surface area (Å²) in [5.74, 6) is 1.74. The minimum absolute atomic E-state index is 0.0187.